The SMILES string of the molecule is CC(C)(CO)C(=O)SCCOP(=O)(NCc1ccccc1)OC[C@H]1O[C@@](C#N)(c2ccc3c(N)ncnn23)[C@](C)(F)[C@@H]1O. The number of rotatable bonds is 13. The number of aliphatic hydroxyl groups excluding tert-OH is 2. The second kappa shape index (κ2) is 13.0. The van der Waals surface area contributed by atoms with Crippen LogP contribution in [0.5, 0.6) is 0 Å². The van der Waals surface area contributed by atoms with Gasteiger partial charge in [0, 0.05) is 12.3 Å². The van der Waals surface area contributed by atoms with Gasteiger partial charge in [-0.05, 0) is 38.5 Å². The number of thioether (sulfide) groups is 1. The second-order valence-electron chi connectivity index (χ2n) is 10.8. The summed E-state index contributed by atoms with van der Waals surface area (Å²) in [6.45, 7) is 3.18. The number of anilines is 1. The summed E-state index contributed by atoms with van der Waals surface area (Å²) >= 11 is 0.909. The Labute approximate surface area is 252 Å². The van der Waals surface area contributed by atoms with Crippen molar-refractivity contribution in [1.29, 1.82) is 5.26 Å². The average molecular weight is 637 g/mol. The molecule has 3 aromatic rings. The molecule has 1 fully saturated rings. The van der Waals surface area contributed by atoms with Crippen molar-refractivity contribution in [2.24, 2.45) is 5.41 Å². The van der Waals surface area contributed by atoms with Gasteiger partial charge in [0.05, 0.1) is 30.9 Å². The summed E-state index contributed by atoms with van der Waals surface area (Å²) in [4.78, 5) is 16.2. The molecular weight excluding hydrogens is 602 g/mol. The first kappa shape index (κ1) is 33.0. The van der Waals surface area contributed by atoms with E-state index in [1.54, 1.807) is 38.1 Å². The van der Waals surface area contributed by atoms with E-state index >= 15 is 4.39 Å². The van der Waals surface area contributed by atoms with Crippen molar-refractivity contribution in [2.75, 3.05) is 31.3 Å². The Hall–Kier alpha value is -2.93. The number of benzene rings is 1. The Morgan fingerprint density at radius 1 is 1.33 bits per heavy atom. The summed E-state index contributed by atoms with van der Waals surface area (Å²) in [6.07, 6.45) is -2.19. The lowest BCUT2D eigenvalue weighted by molar-refractivity contribution is -0.119. The van der Waals surface area contributed by atoms with E-state index in [1.165, 1.54) is 16.6 Å². The topological polar surface area (TPSA) is 194 Å². The second-order valence-corrected chi connectivity index (χ2v) is 13.7. The fourth-order valence-corrected chi connectivity index (χ4v) is 6.69. The van der Waals surface area contributed by atoms with Gasteiger partial charge in [-0.2, -0.15) is 10.4 Å². The molecule has 0 saturated carbocycles. The quantitative estimate of drug-likeness (QED) is 0.158. The highest BCUT2D eigenvalue weighted by Crippen LogP contribution is 2.51. The number of nitrogen functional groups attached to an aromatic ring is 1. The number of alkyl halides is 1. The van der Waals surface area contributed by atoms with E-state index in [1.807, 2.05) is 12.1 Å². The third kappa shape index (κ3) is 6.62. The van der Waals surface area contributed by atoms with Crippen LogP contribution in [0.3, 0.4) is 0 Å². The Kier molecular flexibility index (Phi) is 9.95. The predicted molar refractivity (Wildman–Crippen MR) is 156 cm³/mol. The molecule has 0 spiro atoms. The van der Waals surface area contributed by atoms with E-state index in [4.69, 9.17) is 19.5 Å². The number of aromatic nitrogens is 3. The molecule has 1 unspecified atom stereocenters. The number of carbonyl (C=O) groups excluding carboxylic acids is 1. The first-order valence-electron chi connectivity index (χ1n) is 13.3. The highest BCUT2D eigenvalue weighted by Gasteiger charge is 2.67. The van der Waals surface area contributed by atoms with E-state index in [2.05, 4.69) is 15.2 Å². The summed E-state index contributed by atoms with van der Waals surface area (Å²) in [7, 11) is -4.13. The summed E-state index contributed by atoms with van der Waals surface area (Å²) in [5.41, 5.74) is 0.978. The molecule has 0 radical (unpaired) electrons. The third-order valence-electron chi connectivity index (χ3n) is 7.18. The summed E-state index contributed by atoms with van der Waals surface area (Å²) in [6, 6.07) is 13.8. The van der Waals surface area contributed by atoms with Gasteiger partial charge in [-0.3, -0.25) is 13.8 Å². The van der Waals surface area contributed by atoms with Gasteiger partial charge < -0.3 is 20.7 Å². The third-order valence-corrected chi connectivity index (χ3v) is 9.92. The van der Waals surface area contributed by atoms with Crippen LogP contribution in [0.2, 0.25) is 0 Å². The first-order chi connectivity index (χ1) is 20.3. The number of ether oxygens (including phenoxy) is 1. The number of carbonyl (C=O) groups is 1. The van der Waals surface area contributed by atoms with Crippen LogP contribution in [0.4, 0.5) is 10.2 Å². The summed E-state index contributed by atoms with van der Waals surface area (Å²) < 4.78 is 48.3. The molecule has 5 atom stereocenters. The number of halogens is 1. The molecule has 1 aliphatic rings. The van der Waals surface area contributed by atoms with Crippen LogP contribution in [0, 0.1) is 16.7 Å². The number of aliphatic hydroxyl groups is 2. The minimum atomic E-state index is -4.13. The highest BCUT2D eigenvalue weighted by atomic mass is 32.2. The molecule has 16 heteroatoms. The summed E-state index contributed by atoms with van der Waals surface area (Å²) in [5.74, 6) is 0.202. The molecule has 2 aromatic heterocycles. The van der Waals surface area contributed by atoms with Crippen molar-refractivity contribution in [1.82, 2.24) is 19.7 Å². The normalized spacial score (nSPS) is 25.4. The molecule has 3 heterocycles. The minimum Gasteiger partial charge on any atom is -0.395 e. The molecule has 232 valence electrons. The lowest BCUT2D eigenvalue weighted by Gasteiger charge is -2.30. The number of nitrogens with one attached hydrogen (secondary N) is 1. The molecule has 1 aliphatic heterocycles. The number of fused-ring (bicyclic) bond motifs is 1. The van der Waals surface area contributed by atoms with Gasteiger partial charge in [-0.15, -0.1) is 0 Å². The minimum absolute atomic E-state index is 0.0280. The zero-order valence-electron chi connectivity index (χ0n) is 23.8. The smallest absolute Gasteiger partial charge is 0.395 e. The molecule has 4 rings (SSSR count). The molecule has 0 aliphatic carbocycles. The van der Waals surface area contributed by atoms with Crippen LogP contribution < -0.4 is 10.8 Å². The molecule has 43 heavy (non-hydrogen) atoms. The van der Waals surface area contributed by atoms with Gasteiger partial charge >= 0.3 is 7.75 Å². The maximum atomic E-state index is 16.3. The van der Waals surface area contributed by atoms with Gasteiger partial charge in [-0.25, -0.2) is 23.5 Å². The van der Waals surface area contributed by atoms with Crippen LogP contribution in [0.15, 0.2) is 48.8 Å². The van der Waals surface area contributed by atoms with Gasteiger partial charge in [0.15, 0.2) is 16.6 Å². The Balaban J connectivity index is 1.51. The molecule has 13 nitrogen and oxygen atoms in total. The van der Waals surface area contributed by atoms with Crippen molar-refractivity contribution in [3.8, 4) is 6.07 Å². The van der Waals surface area contributed by atoms with Gasteiger partial charge in [-0.1, -0.05) is 42.1 Å². The fourth-order valence-electron chi connectivity index (χ4n) is 4.45. The van der Waals surface area contributed by atoms with Crippen molar-refractivity contribution >= 4 is 36.0 Å². The fraction of sp³-hybridized carbons (Fsp3) is 0.481. The Morgan fingerprint density at radius 3 is 2.72 bits per heavy atom. The lowest BCUT2D eigenvalue weighted by atomic mass is 9.82. The number of nitrogens with two attached hydrogens (primary N) is 1. The van der Waals surface area contributed by atoms with Gasteiger partial charge in [0.2, 0.25) is 5.60 Å². The zero-order chi connectivity index (χ0) is 31.5. The van der Waals surface area contributed by atoms with E-state index in [0.717, 1.165) is 30.6 Å². The number of hydrogen-bond donors (Lipinski definition) is 4. The van der Waals surface area contributed by atoms with E-state index < -0.39 is 43.2 Å². The van der Waals surface area contributed by atoms with Crippen molar-refractivity contribution in [2.45, 2.75) is 50.8 Å². The highest BCUT2D eigenvalue weighted by molar-refractivity contribution is 8.13. The maximum Gasteiger partial charge on any atom is 0.405 e. The van der Waals surface area contributed by atoms with Crippen molar-refractivity contribution < 1.29 is 37.7 Å². The largest absolute Gasteiger partial charge is 0.405 e. The van der Waals surface area contributed by atoms with Crippen LogP contribution in [0.25, 0.3) is 5.52 Å². The van der Waals surface area contributed by atoms with E-state index in [-0.39, 0.29) is 42.1 Å². The molecule has 1 saturated heterocycles. The van der Waals surface area contributed by atoms with E-state index in [9.17, 15) is 24.8 Å². The average Bonchev–Trinajstić information content (AvgIpc) is 3.52. The number of nitriles is 1. The standard InChI is InChI=1S/C27H34FN6O7PS/c1-25(2,16-35)24(37)43-12-11-39-42(38,33-13-18-7-5-4-6-8-18)40-14-20-22(36)26(3,28)27(15-29,41-20)21-10-9-19-23(30)31-17-32-34(19)21/h4-10,17,20,22,35-36H,11-14,16H2,1-3H3,(H,33,38)(H2,30,31,32)/t20-,22-,26-,27+,42?/m1/s1. The summed E-state index contributed by atoms with van der Waals surface area (Å²) in [5, 5.41) is 37.1. The molecule has 1 aromatic carbocycles. The monoisotopic (exact) mass is 636 g/mol. The zero-order valence-corrected chi connectivity index (χ0v) is 25.6. The van der Waals surface area contributed by atoms with E-state index in [0.29, 0.717) is 5.52 Å². The molecule has 0 bridgehead atoms. The Bertz CT molecular complexity index is 1530. The lowest BCUT2D eigenvalue weighted by Crippen LogP contribution is -2.48. The van der Waals surface area contributed by atoms with Crippen LogP contribution in [-0.4, -0.2) is 73.4 Å². The maximum absolute atomic E-state index is 16.3. The van der Waals surface area contributed by atoms with Crippen molar-refractivity contribution in [3.05, 3.63) is 60.0 Å². The molecule has 0 amide bonds. The first-order valence-corrected chi connectivity index (χ1v) is 15.8. The molecule has 5 N–H and O–H groups in total. The van der Waals surface area contributed by atoms with Gasteiger partial charge in [0.25, 0.3) is 0 Å². The predicted octanol–water partition coefficient (Wildman–Crippen LogP) is 2.73. The number of hydrogen-bond acceptors (Lipinski definition) is 12. The Morgan fingerprint density at radius 2 is 2.05 bits per heavy atom. The van der Waals surface area contributed by atoms with Crippen molar-refractivity contribution in [3.63, 3.8) is 0 Å². The van der Waals surface area contributed by atoms with Crippen LogP contribution >= 0.6 is 19.5 Å². The van der Waals surface area contributed by atoms with Crippen LogP contribution in [-0.2, 0) is 35.3 Å². The van der Waals surface area contributed by atoms with Crippen LogP contribution in [0.1, 0.15) is 32.0 Å². The number of nitrogens with zero attached hydrogens (tertiary/aromatic N) is 4. The molecular formula is C27H34FN6O7PS. The van der Waals surface area contributed by atoms with Gasteiger partial charge in [0.1, 0.15) is 30.1 Å².